The maximum Gasteiger partial charge on any atom is 0.244 e. The summed E-state index contributed by atoms with van der Waals surface area (Å²) in [5.74, 6) is 3.08. The SMILES string of the molecule is COc1ccc(CNc2nncc(Nc3ccccc3OC(C)C)n2)cc1OC. The van der Waals surface area contributed by atoms with E-state index in [2.05, 4.69) is 25.8 Å². The van der Waals surface area contributed by atoms with E-state index in [1.54, 1.807) is 20.4 Å². The summed E-state index contributed by atoms with van der Waals surface area (Å²) < 4.78 is 16.4. The van der Waals surface area contributed by atoms with Gasteiger partial charge >= 0.3 is 0 Å². The molecule has 0 aliphatic carbocycles. The fourth-order valence-corrected chi connectivity index (χ4v) is 2.67. The molecule has 0 radical (unpaired) electrons. The zero-order chi connectivity index (χ0) is 20.6. The summed E-state index contributed by atoms with van der Waals surface area (Å²) in [5, 5.41) is 14.5. The van der Waals surface area contributed by atoms with E-state index < -0.39 is 0 Å². The van der Waals surface area contributed by atoms with Crippen LogP contribution in [0.15, 0.2) is 48.7 Å². The number of nitrogens with zero attached hydrogens (tertiary/aromatic N) is 3. The molecule has 0 unspecified atom stereocenters. The van der Waals surface area contributed by atoms with E-state index >= 15 is 0 Å². The topological polar surface area (TPSA) is 90.4 Å². The Bertz CT molecular complexity index is 949. The van der Waals surface area contributed by atoms with Gasteiger partial charge in [0.2, 0.25) is 5.95 Å². The number of hydrogen-bond acceptors (Lipinski definition) is 8. The summed E-state index contributed by atoms with van der Waals surface area (Å²) in [6, 6.07) is 13.4. The van der Waals surface area contributed by atoms with Crippen LogP contribution in [0, 0.1) is 0 Å². The van der Waals surface area contributed by atoms with Gasteiger partial charge in [-0.2, -0.15) is 10.1 Å². The molecule has 0 amide bonds. The molecule has 0 atom stereocenters. The Balaban J connectivity index is 1.69. The van der Waals surface area contributed by atoms with Crippen molar-refractivity contribution >= 4 is 17.5 Å². The second-order valence-electron chi connectivity index (χ2n) is 6.50. The van der Waals surface area contributed by atoms with Crippen LogP contribution in [-0.4, -0.2) is 35.5 Å². The number of methoxy groups -OCH3 is 2. The molecule has 0 aliphatic rings. The Labute approximate surface area is 170 Å². The first-order valence-electron chi connectivity index (χ1n) is 9.26. The van der Waals surface area contributed by atoms with Crippen molar-refractivity contribution in [3.8, 4) is 17.2 Å². The predicted octanol–water partition coefficient (Wildman–Crippen LogP) is 4.03. The van der Waals surface area contributed by atoms with E-state index in [0.717, 1.165) is 17.0 Å². The van der Waals surface area contributed by atoms with Gasteiger partial charge < -0.3 is 24.8 Å². The average Bonchev–Trinajstić information content (AvgIpc) is 2.73. The Hall–Kier alpha value is -3.55. The first-order valence-corrected chi connectivity index (χ1v) is 9.26. The summed E-state index contributed by atoms with van der Waals surface area (Å²) >= 11 is 0. The molecular formula is C21H25N5O3. The lowest BCUT2D eigenvalue weighted by Gasteiger charge is -2.15. The second-order valence-corrected chi connectivity index (χ2v) is 6.50. The molecule has 0 fully saturated rings. The van der Waals surface area contributed by atoms with Gasteiger partial charge in [-0.05, 0) is 43.7 Å². The Morgan fingerprint density at radius 3 is 2.52 bits per heavy atom. The molecule has 0 saturated heterocycles. The van der Waals surface area contributed by atoms with Crippen LogP contribution in [-0.2, 0) is 6.54 Å². The van der Waals surface area contributed by atoms with E-state index in [-0.39, 0.29) is 6.10 Å². The van der Waals surface area contributed by atoms with Crippen LogP contribution in [0.4, 0.5) is 17.5 Å². The number of anilines is 3. The number of para-hydroxylation sites is 2. The normalized spacial score (nSPS) is 10.5. The molecule has 1 heterocycles. The molecule has 8 nitrogen and oxygen atoms in total. The maximum absolute atomic E-state index is 5.83. The number of benzene rings is 2. The van der Waals surface area contributed by atoms with E-state index in [0.29, 0.717) is 29.8 Å². The van der Waals surface area contributed by atoms with Crippen LogP contribution >= 0.6 is 0 Å². The van der Waals surface area contributed by atoms with E-state index in [1.165, 1.54) is 0 Å². The lowest BCUT2D eigenvalue weighted by Crippen LogP contribution is -2.09. The third-order valence-corrected chi connectivity index (χ3v) is 3.97. The highest BCUT2D eigenvalue weighted by Crippen LogP contribution is 2.29. The van der Waals surface area contributed by atoms with E-state index in [4.69, 9.17) is 14.2 Å². The lowest BCUT2D eigenvalue weighted by molar-refractivity contribution is 0.244. The highest BCUT2D eigenvalue weighted by atomic mass is 16.5. The quantitative estimate of drug-likeness (QED) is 0.561. The minimum absolute atomic E-state index is 0.0696. The number of hydrogen-bond donors (Lipinski definition) is 2. The standard InChI is InChI=1S/C21H25N5O3/c1-14(2)29-17-8-6-5-7-16(17)24-20-13-23-26-21(25-20)22-12-15-9-10-18(27-3)19(11-15)28-4/h5-11,13-14H,12H2,1-4H3,(H2,22,24,25,26). The van der Waals surface area contributed by atoms with Gasteiger partial charge in [-0.1, -0.05) is 18.2 Å². The minimum Gasteiger partial charge on any atom is -0.493 e. The van der Waals surface area contributed by atoms with Gasteiger partial charge in [-0.15, -0.1) is 5.10 Å². The lowest BCUT2D eigenvalue weighted by atomic mass is 10.2. The number of rotatable bonds is 9. The zero-order valence-corrected chi connectivity index (χ0v) is 17.0. The van der Waals surface area contributed by atoms with Crippen molar-refractivity contribution in [1.29, 1.82) is 0 Å². The van der Waals surface area contributed by atoms with Gasteiger partial charge in [-0.3, -0.25) is 0 Å². The number of ether oxygens (including phenoxy) is 3. The van der Waals surface area contributed by atoms with Gasteiger partial charge in [-0.25, -0.2) is 0 Å². The van der Waals surface area contributed by atoms with Crippen molar-refractivity contribution in [3.63, 3.8) is 0 Å². The molecule has 1 aromatic heterocycles. The first kappa shape index (κ1) is 20.2. The fraction of sp³-hybridized carbons (Fsp3) is 0.286. The van der Waals surface area contributed by atoms with Crippen LogP contribution in [0.1, 0.15) is 19.4 Å². The highest BCUT2D eigenvalue weighted by molar-refractivity contribution is 5.64. The fourth-order valence-electron chi connectivity index (χ4n) is 2.67. The van der Waals surface area contributed by atoms with Gasteiger partial charge in [0.05, 0.1) is 32.2 Å². The summed E-state index contributed by atoms with van der Waals surface area (Å²) in [7, 11) is 3.22. The summed E-state index contributed by atoms with van der Waals surface area (Å²) in [4.78, 5) is 4.47. The van der Waals surface area contributed by atoms with E-state index in [9.17, 15) is 0 Å². The van der Waals surface area contributed by atoms with Crippen molar-refractivity contribution in [2.75, 3.05) is 24.9 Å². The molecule has 2 N–H and O–H groups in total. The van der Waals surface area contributed by atoms with Crippen LogP contribution in [0.3, 0.4) is 0 Å². The summed E-state index contributed by atoms with van der Waals surface area (Å²) in [5.41, 5.74) is 1.81. The van der Waals surface area contributed by atoms with Crippen molar-refractivity contribution in [2.45, 2.75) is 26.5 Å². The van der Waals surface area contributed by atoms with Crippen LogP contribution in [0.25, 0.3) is 0 Å². The molecule has 152 valence electrons. The minimum atomic E-state index is 0.0696. The van der Waals surface area contributed by atoms with Gasteiger partial charge in [0.1, 0.15) is 5.75 Å². The smallest absolute Gasteiger partial charge is 0.244 e. The van der Waals surface area contributed by atoms with Crippen molar-refractivity contribution in [1.82, 2.24) is 15.2 Å². The van der Waals surface area contributed by atoms with Crippen molar-refractivity contribution < 1.29 is 14.2 Å². The molecular weight excluding hydrogens is 370 g/mol. The Morgan fingerprint density at radius 2 is 1.76 bits per heavy atom. The summed E-state index contributed by atoms with van der Waals surface area (Å²) in [6.07, 6.45) is 1.63. The van der Waals surface area contributed by atoms with Crippen LogP contribution in [0.5, 0.6) is 17.2 Å². The second kappa shape index (κ2) is 9.59. The van der Waals surface area contributed by atoms with Gasteiger partial charge in [0, 0.05) is 6.54 Å². The van der Waals surface area contributed by atoms with Crippen LogP contribution in [0.2, 0.25) is 0 Å². The number of nitrogens with one attached hydrogen (secondary N) is 2. The van der Waals surface area contributed by atoms with Crippen molar-refractivity contribution in [3.05, 3.63) is 54.2 Å². The van der Waals surface area contributed by atoms with Crippen molar-refractivity contribution in [2.24, 2.45) is 0 Å². The van der Waals surface area contributed by atoms with Crippen LogP contribution < -0.4 is 24.8 Å². The Kier molecular flexibility index (Phi) is 6.67. The Morgan fingerprint density at radius 1 is 0.966 bits per heavy atom. The largest absolute Gasteiger partial charge is 0.493 e. The molecule has 2 aromatic carbocycles. The monoisotopic (exact) mass is 395 g/mol. The highest BCUT2D eigenvalue weighted by Gasteiger charge is 2.08. The van der Waals surface area contributed by atoms with Gasteiger partial charge in [0.25, 0.3) is 0 Å². The molecule has 29 heavy (non-hydrogen) atoms. The van der Waals surface area contributed by atoms with E-state index in [1.807, 2.05) is 56.3 Å². The van der Waals surface area contributed by atoms with Gasteiger partial charge in [0.15, 0.2) is 17.3 Å². The first-order chi connectivity index (χ1) is 14.1. The average molecular weight is 395 g/mol. The molecule has 8 heteroatoms. The third kappa shape index (κ3) is 5.47. The molecule has 0 saturated carbocycles. The number of aromatic nitrogens is 3. The molecule has 3 rings (SSSR count). The zero-order valence-electron chi connectivity index (χ0n) is 17.0. The summed E-state index contributed by atoms with van der Waals surface area (Å²) in [6.45, 7) is 4.48. The molecule has 0 bridgehead atoms. The molecule has 3 aromatic rings. The molecule has 0 aliphatic heterocycles. The third-order valence-electron chi connectivity index (χ3n) is 3.97. The predicted molar refractivity (Wildman–Crippen MR) is 112 cm³/mol. The molecule has 0 spiro atoms. The maximum atomic E-state index is 5.83.